The Bertz CT molecular complexity index is 312. The number of hydrogen-bond acceptors (Lipinski definition) is 2. The zero-order valence-electron chi connectivity index (χ0n) is 9.29. The van der Waals surface area contributed by atoms with Gasteiger partial charge in [-0.15, -0.1) is 0 Å². The van der Waals surface area contributed by atoms with Gasteiger partial charge >= 0.3 is 0 Å². The summed E-state index contributed by atoms with van der Waals surface area (Å²) >= 11 is 3.49. The van der Waals surface area contributed by atoms with E-state index < -0.39 is 0 Å². The van der Waals surface area contributed by atoms with Crippen molar-refractivity contribution in [3.63, 3.8) is 0 Å². The van der Waals surface area contributed by atoms with Gasteiger partial charge in [0.05, 0.1) is 11.1 Å². The highest BCUT2D eigenvalue weighted by atomic mass is 79.9. The fourth-order valence-electron chi connectivity index (χ4n) is 1.24. The number of halogens is 1. The van der Waals surface area contributed by atoms with Gasteiger partial charge in [-0.25, -0.2) is 0 Å². The number of benzene rings is 1. The minimum absolute atomic E-state index is 0.0611. The summed E-state index contributed by atoms with van der Waals surface area (Å²) in [5.74, 6) is 0.896. The van der Waals surface area contributed by atoms with Crippen LogP contribution in [-0.4, -0.2) is 6.61 Å². The molecule has 0 aliphatic heterocycles. The Balaban J connectivity index is 2.66. The first-order chi connectivity index (χ1) is 7.15. The van der Waals surface area contributed by atoms with E-state index in [2.05, 4.69) is 22.9 Å². The monoisotopic (exact) mass is 271 g/mol. The Morgan fingerprint density at radius 3 is 2.73 bits per heavy atom. The molecule has 0 unspecified atom stereocenters. The summed E-state index contributed by atoms with van der Waals surface area (Å²) in [5.41, 5.74) is 6.91. The van der Waals surface area contributed by atoms with Crippen molar-refractivity contribution >= 4 is 15.9 Å². The second-order valence-electron chi connectivity index (χ2n) is 3.68. The van der Waals surface area contributed by atoms with Gasteiger partial charge in [-0.3, -0.25) is 0 Å². The van der Waals surface area contributed by atoms with Crippen LogP contribution in [-0.2, 0) is 0 Å². The van der Waals surface area contributed by atoms with Crippen LogP contribution in [0.1, 0.15) is 38.3 Å². The zero-order valence-corrected chi connectivity index (χ0v) is 10.9. The average Bonchev–Trinajstić information content (AvgIpc) is 2.20. The Labute approximate surface area is 99.9 Å². The molecule has 2 nitrogen and oxygen atoms in total. The average molecular weight is 272 g/mol. The molecular weight excluding hydrogens is 254 g/mol. The number of hydrogen-bond donors (Lipinski definition) is 1. The minimum atomic E-state index is 0.0611. The fourth-order valence-corrected chi connectivity index (χ4v) is 1.75. The van der Waals surface area contributed by atoms with Crippen molar-refractivity contribution in [2.75, 3.05) is 6.61 Å². The van der Waals surface area contributed by atoms with Crippen molar-refractivity contribution in [3.8, 4) is 5.75 Å². The largest absolute Gasteiger partial charge is 0.492 e. The first-order valence-corrected chi connectivity index (χ1v) is 6.12. The molecule has 0 radical (unpaired) electrons. The molecule has 0 amide bonds. The molecule has 0 aliphatic rings. The van der Waals surface area contributed by atoms with E-state index in [0.717, 1.165) is 35.2 Å². The molecule has 0 fully saturated rings. The van der Waals surface area contributed by atoms with Gasteiger partial charge in [-0.05, 0) is 47.0 Å². The molecule has 1 rings (SSSR count). The van der Waals surface area contributed by atoms with Gasteiger partial charge < -0.3 is 10.5 Å². The van der Waals surface area contributed by atoms with E-state index in [-0.39, 0.29) is 6.04 Å². The highest BCUT2D eigenvalue weighted by Gasteiger charge is 2.04. The van der Waals surface area contributed by atoms with Crippen LogP contribution in [0.2, 0.25) is 0 Å². The van der Waals surface area contributed by atoms with Crippen molar-refractivity contribution in [2.45, 2.75) is 32.7 Å². The minimum Gasteiger partial charge on any atom is -0.492 e. The fraction of sp³-hybridized carbons (Fsp3) is 0.500. The molecule has 3 heteroatoms. The van der Waals surface area contributed by atoms with Crippen LogP contribution >= 0.6 is 15.9 Å². The maximum absolute atomic E-state index is 5.79. The Hall–Kier alpha value is -0.540. The van der Waals surface area contributed by atoms with E-state index >= 15 is 0 Å². The maximum atomic E-state index is 5.79. The molecule has 1 aromatic rings. The lowest BCUT2D eigenvalue weighted by Crippen LogP contribution is -2.05. The standard InChI is InChI=1S/C12H18BrNO/c1-3-4-7-15-12-6-5-10(9(2)14)8-11(12)13/h5-6,8-9H,3-4,7,14H2,1-2H3/t9-/m0/s1. The first kappa shape index (κ1) is 12.5. The maximum Gasteiger partial charge on any atom is 0.133 e. The molecule has 84 valence electrons. The van der Waals surface area contributed by atoms with Crippen LogP contribution in [0.4, 0.5) is 0 Å². The molecule has 0 spiro atoms. The Morgan fingerprint density at radius 1 is 1.47 bits per heavy atom. The summed E-state index contributed by atoms with van der Waals surface area (Å²) < 4.78 is 6.60. The number of nitrogens with two attached hydrogens (primary N) is 1. The predicted molar refractivity (Wildman–Crippen MR) is 67.1 cm³/mol. The van der Waals surface area contributed by atoms with Gasteiger partial charge in [0.1, 0.15) is 5.75 Å². The van der Waals surface area contributed by atoms with Crippen LogP contribution in [0.25, 0.3) is 0 Å². The highest BCUT2D eigenvalue weighted by Crippen LogP contribution is 2.27. The van der Waals surface area contributed by atoms with Crippen LogP contribution in [0.5, 0.6) is 5.75 Å². The quantitative estimate of drug-likeness (QED) is 0.830. The summed E-state index contributed by atoms with van der Waals surface area (Å²) in [6.07, 6.45) is 2.23. The van der Waals surface area contributed by atoms with Gasteiger partial charge in [0.25, 0.3) is 0 Å². The molecule has 0 bridgehead atoms. The lowest BCUT2D eigenvalue weighted by molar-refractivity contribution is 0.307. The zero-order chi connectivity index (χ0) is 11.3. The number of unbranched alkanes of at least 4 members (excludes halogenated alkanes) is 1. The van der Waals surface area contributed by atoms with Crippen molar-refractivity contribution in [1.82, 2.24) is 0 Å². The number of ether oxygens (including phenoxy) is 1. The SMILES string of the molecule is CCCCOc1ccc([C@H](C)N)cc1Br. The summed E-state index contributed by atoms with van der Waals surface area (Å²) in [4.78, 5) is 0. The van der Waals surface area contributed by atoms with Crippen LogP contribution < -0.4 is 10.5 Å². The lowest BCUT2D eigenvalue weighted by Gasteiger charge is -2.11. The summed E-state index contributed by atoms with van der Waals surface area (Å²) in [6.45, 7) is 4.89. The summed E-state index contributed by atoms with van der Waals surface area (Å²) in [5, 5.41) is 0. The molecule has 1 atom stereocenters. The van der Waals surface area contributed by atoms with Gasteiger partial charge in [0, 0.05) is 6.04 Å². The summed E-state index contributed by atoms with van der Waals surface area (Å²) in [7, 11) is 0. The topological polar surface area (TPSA) is 35.2 Å². The van der Waals surface area contributed by atoms with E-state index in [9.17, 15) is 0 Å². The molecule has 2 N–H and O–H groups in total. The first-order valence-electron chi connectivity index (χ1n) is 5.33. The molecule has 15 heavy (non-hydrogen) atoms. The third-order valence-corrected chi connectivity index (χ3v) is 2.86. The van der Waals surface area contributed by atoms with Crippen molar-refractivity contribution < 1.29 is 4.74 Å². The van der Waals surface area contributed by atoms with Crippen LogP contribution in [0.3, 0.4) is 0 Å². The number of rotatable bonds is 5. The second-order valence-corrected chi connectivity index (χ2v) is 4.53. The highest BCUT2D eigenvalue weighted by molar-refractivity contribution is 9.10. The van der Waals surface area contributed by atoms with Gasteiger partial charge in [-0.1, -0.05) is 19.4 Å². The van der Waals surface area contributed by atoms with Crippen molar-refractivity contribution in [3.05, 3.63) is 28.2 Å². The van der Waals surface area contributed by atoms with Crippen LogP contribution in [0.15, 0.2) is 22.7 Å². The van der Waals surface area contributed by atoms with Crippen molar-refractivity contribution in [1.29, 1.82) is 0 Å². The van der Waals surface area contributed by atoms with Crippen LogP contribution in [0, 0.1) is 0 Å². The van der Waals surface area contributed by atoms with E-state index in [1.54, 1.807) is 0 Å². The van der Waals surface area contributed by atoms with Gasteiger partial charge in [0.2, 0.25) is 0 Å². The molecule has 0 saturated carbocycles. The molecule has 0 aromatic heterocycles. The predicted octanol–water partition coefficient (Wildman–Crippen LogP) is 3.65. The normalized spacial score (nSPS) is 12.5. The molecule has 1 aromatic carbocycles. The smallest absolute Gasteiger partial charge is 0.133 e. The third kappa shape index (κ3) is 3.84. The molecule has 0 saturated heterocycles. The molecule has 0 heterocycles. The second kappa shape index (κ2) is 6.13. The lowest BCUT2D eigenvalue weighted by atomic mass is 10.1. The third-order valence-electron chi connectivity index (χ3n) is 2.24. The van der Waals surface area contributed by atoms with E-state index in [4.69, 9.17) is 10.5 Å². The summed E-state index contributed by atoms with van der Waals surface area (Å²) in [6, 6.07) is 6.06. The Morgan fingerprint density at radius 2 is 2.20 bits per heavy atom. The van der Waals surface area contributed by atoms with Gasteiger partial charge in [0.15, 0.2) is 0 Å². The van der Waals surface area contributed by atoms with Gasteiger partial charge in [-0.2, -0.15) is 0 Å². The van der Waals surface area contributed by atoms with E-state index in [0.29, 0.717) is 0 Å². The molecular formula is C12H18BrNO. The van der Waals surface area contributed by atoms with Crippen molar-refractivity contribution in [2.24, 2.45) is 5.73 Å². The van der Waals surface area contributed by atoms with E-state index in [1.165, 1.54) is 0 Å². The molecule has 0 aliphatic carbocycles. The Kier molecular flexibility index (Phi) is 5.12. The van der Waals surface area contributed by atoms with E-state index in [1.807, 2.05) is 25.1 Å².